The molecule has 16 heavy (non-hydrogen) atoms. The Hall–Kier alpha value is -0.820. The molecule has 0 saturated carbocycles. The van der Waals surface area contributed by atoms with Crippen molar-refractivity contribution >= 4 is 0 Å². The molecule has 0 aliphatic carbocycles. The van der Waals surface area contributed by atoms with Gasteiger partial charge in [-0.25, -0.2) is 0 Å². The summed E-state index contributed by atoms with van der Waals surface area (Å²) in [7, 11) is 0. The van der Waals surface area contributed by atoms with Crippen LogP contribution in [0.1, 0.15) is 50.7 Å². The molecule has 1 aromatic carbocycles. The normalized spacial score (nSPS) is 20.6. The van der Waals surface area contributed by atoms with Gasteiger partial charge in [0.1, 0.15) is 0 Å². The van der Waals surface area contributed by atoms with Crippen molar-refractivity contribution in [2.75, 3.05) is 6.54 Å². The van der Waals surface area contributed by atoms with Gasteiger partial charge in [-0.2, -0.15) is 0 Å². The molecule has 1 aromatic rings. The maximum Gasteiger partial charge on any atom is 0.0208 e. The van der Waals surface area contributed by atoms with Crippen molar-refractivity contribution in [1.29, 1.82) is 0 Å². The monoisotopic (exact) mass is 217 g/mol. The van der Waals surface area contributed by atoms with E-state index in [0.717, 1.165) is 13.1 Å². The number of fused-ring (bicyclic) bond motifs is 1. The molecule has 88 valence electrons. The second-order valence-electron chi connectivity index (χ2n) is 6.13. The Morgan fingerprint density at radius 3 is 2.75 bits per heavy atom. The molecular formula is C15H23N. The van der Waals surface area contributed by atoms with Crippen LogP contribution in [-0.2, 0) is 6.54 Å². The summed E-state index contributed by atoms with van der Waals surface area (Å²) in [5.74, 6) is 0.712. The van der Waals surface area contributed by atoms with Gasteiger partial charge < -0.3 is 5.32 Å². The van der Waals surface area contributed by atoms with E-state index in [-0.39, 0.29) is 0 Å². The molecule has 1 unspecified atom stereocenters. The predicted molar refractivity (Wildman–Crippen MR) is 69.6 cm³/mol. The molecule has 0 spiro atoms. The molecule has 1 aliphatic rings. The average Bonchev–Trinajstić information content (AvgIpc) is 2.25. The highest BCUT2D eigenvalue weighted by molar-refractivity contribution is 5.32. The predicted octanol–water partition coefficient (Wildman–Crippen LogP) is 3.70. The third-order valence-electron chi connectivity index (χ3n) is 3.44. The Labute approximate surface area is 99.3 Å². The first-order valence-corrected chi connectivity index (χ1v) is 6.35. The molecule has 0 radical (unpaired) electrons. The Morgan fingerprint density at radius 2 is 2.00 bits per heavy atom. The van der Waals surface area contributed by atoms with E-state index in [1.54, 1.807) is 5.56 Å². The molecular weight excluding hydrogens is 194 g/mol. The van der Waals surface area contributed by atoms with Crippen molar-refractivity contribution in [3.8, 4) is 0 Å². The topological polar surface area (TPSA) is 12.0 Å². The zero-order valence-corrected chi connectivity index (χ0v) is 10.7. The first-order valence-electron chi connectivity index (χ1n) is 6.35. The highest BCUT2D eigenvalue weighted by atomic mass is 14.9. The van der Waals surface area contributed by atoms with Gasteiger partial charge in [0.05, 0.1) is 0 Å². The summed E-state index contributed by atoms with van der Waals surface area (Å²) in [6, 6.07) is 8.88. The number of benzene rings is 1. The van der Waals surface area contributed by atoms with E-state index < -0.39 is 0 Å². The van der Waals surface area contributed by atoms with Gasteiger partial charge in [0, 0.05) is 13.1 Å². The number of rotatable bonds is 2. The lowest BCUT2D eigenvalue weighted by atomic mass is 9.82. The van der Waals surface area contributed by atoms with Gasteiger partial charge in [0.25, 0.3) is 0 Å². The van der Waals surface area contributed by atoms with Crippen molar-refractivity contribution in [3.63, 3.8) is 0 Å². The molecule has 1 heteroatoms. The highest BCUT2D eigenvalue weighted by Gasteiger charge is 2.21. The van der Waals surface area contributed by atoms with Crippen LogP contribution in [0, 0.1) is 5.41 Å². The standard InChI is InChI=1S/C15H23N/c1-15(2,3)9-8-13-11-16-10-12-6-4-5-7-14(12)13/h4-7,13,16H,8-11H2,1-3H3. The summed E-state index contributed by atoms with van der Waals surface area (Å²) >= 11 is 0. The lowest BCUT2D eigenvalue weighted by Gasteiger charge is -2.29. The molecule has 1 nitrogen and oxygen atoms in total. The van der Waals surface area contributed by atoms with Crippen LogP contribution in [0.4, 0.5) is 0 Å². The van der Waals surface area contributed by atoms with E-state index in [2.05, 4.69) is 50.4 Å². The molecule has 0 fully saturated rings. The van der Waals surface area contributed by atoms with Gasteiger partial charge in [0.2, 0.25) is 0 Å². The Kier molecular flexibility index (Phi) is 3.34. The molecule has 0 saturated heterocycles. The summed E-state index contributed by atoms with van der Waals surface area (Å²) in [6.45, 7) is 9.18. The number of nitrogens with one attached hydrogen (secondary N) is 1. The van der Waals surface area contributed by atoms with E-state index in [1.807, 2.05) is 0 Å². The van der Waals surface area contributed by atoms with E-state index in [1.165, 1.54) is 18.4 Å². The molecule has 2 rings (SSSR count). The van der Waals surface area contributed by atoms with Crippen LogP contribution in [0.3, 0.4) is 0 Å². The van der Waals surface area contributed by atoms with Crippen LogP contribution in [0.2, 0.25) is 0 Å². The Morgan fingerprint density at radius 1 is 1.25 bits per heavy atom. The summed E-state index contributed by atoms with van der Waals surface area (Å²) < 4.78 is 0. The SMILES string of the molecule is CC(C)(C)CCC1CNCc2ccccc21. The fraction of sp³-hybridized carbons (Fsp3) is 0.600. The number of hydrogen-bond donors (Lipinski definition) is 1. The van der Waals surface area contributed by atoms with Gasteiger partial charge in [-0.05, 0) is 35.3 Å². The van der Waals surface area contributed by atoms with Crippen LogP contribution in [0.15, 0.2) is 24.3 Å². The van der Waals surface area contributed by atoms with E-state index in [4.69, 9.17) is 0 Å². The molecule has 1 aliphatic heterocycles. The van der Waals surface area contributed by atoms with Crippen LogP contribution < -0.4 is 5.32 Å². The largest absolute Gasteiger partial charge is 0.312 e. The Bertz CT molecular complexity index is 349. The van der Waals surface area contributed by atoms with Crippen molar-refractivity contribution in [1.82, 2.24) is 5.32 Å². The highest BCUT2D eigenvalue weighted by Crippen LogP contribution is 2.31. The van der Waals surface area contributed by atoms with Crippen molar-refractivity contribution in [2.24, 2.45) is 5.41 Å². The van der Waals surface area contributed by atoms with E-state index in [9.17, 15) is 0 Å². The molecule has 0 bridgehead atoms. The summed E-state index contributed by atoms with van der Waals surface area (Å²) in [5.41, 5.74) is 3.52. The quantitative estimate of drug-likeness (QED) is 0.796. The second kappa shape index (κ2) is 4.58. The molecule has 0 aromatic heterocycles. The maximum absolute atomic E-state index is 3.53. The molecule has 1 atom stereocenters. The Balaban J connectivity index is 2.07. The third kappa shape index (κ3) is 2.85. The first kappa shape index (κ1) is 11.7. The average molecular weight is 217 g/mol. The molecule has 1 N–H and O–H groups in total. The lowest BCUT2D eigenvalue weighted by Crippen LogP contribution is -2.28. The zero-order chi connectivity index (χ0) is 11.6. The second-order valence-corrected chi connectivity index (χ2v) is 6.13. The van der Waals surface area contributed by atoms with Crippen molar-refractivity contribution in [2.45, 2.75) is 46.1 Å². The van der Waals surface area contributed by atoms with Gasteiger partial charge >= 0.3 is 0 Å². The van der Waals surface area contributed by atoms with E-state index in [0.29, 0.717) is 11.3 Å². The van der Waals surface area contributed by atoms with Gasteiger partial charge in [0.15, 0.2) is 0 Å². The summed E-state index contributed by atoms with van der Waals surface area (Å²) in [4.78, 5) is 0. The fourth-order valence-corrected chi connectivity index (χ4v) is 2.45. The van der Waals surface area contributed by atoms with Gasteiger partial charge in [-0.15, -0.1) is 0 Å². The third-order valence-corrected chi connectivity index (χ3v) is 3.44. The number of hydrogen-bond acceptors (Lipinski definition) is 1. The van der Waals surface area contributed by atoms with Crippen molar-refractivity contribution in [3.05, 3.63) is 35.4 Å². The summed E-state index contributed by atoms with van der Waals surface area (Å²) in [6.07, 6.45) is 2.60. The minimum absolute atomic E-state index is 0.451. The molecule has 0 amide bonds. The fourth-order valence-electron chi connectivity index (χ4n) is 2.45. The minimum Gasteiger partial charge on any atom is -0.312 e. The van der Waals surface area contributed by atoms with Crippen LogP contribution >= 0.6 is 0 Å². The van der Waals surface area contributed by atoms with Gasteiger partial charge in [-0.1, -0.05) is 45.0 Å². The zero-order valence-electron chi connectivity index (χ0n) is 10.7. The molecule has 1 heterocycles. The van der Waals surface area contributed by atoms with Crippen molar-refractivity contribution < 1.29 is 0 Å². The first-order chi connectivity index (χ1) is 7.56. The maximum atomic E-state index is 3.53. The summed E-state index contributed by atoms with van der Waals surface area (Å²) in [5, 5.41) is 3.53. The van der Waals surface area contributed by atoms with Crippen LogP contribution in [0.25, 0.3) is 0 Å². The smallest absolute Gasteiger partial charge is 0.0208 e. The van der Waals surface area contributed by atoms with Crippen LogP contribution in [0.5, 0.6) is 0 Å². The van der Waals surface area contributed by atoms with Crippen LogP contribution in [-0.4, -0.2) is 6.54 Å². The lowest BCUT2D eigenvalue weighted by molar-refractivity contribution is 0.340. The van der Waals surface area contributed by atoms with Gasteiger partial charge in [-0.3, -0.25) is 0 Å². The minimum atomic E-state index is 0.451. The van der Waals surface area contributed by atoms with E-state index >= 15 is 0 Å².